The van der Waals surface area contributed by atoms with Gasteiger partial charge >= 0.3 is 17.9 Å². The molecule has 21 heavy (non-hydrogen) atoms. The second-order valence-corrected chi connectivity index (χ2v) is 5.77. The fourth-order valence-corrected chi connectivity index (χ4v) is 1.68. The molecule has 0 spiro atoms. The molecule has 120 valence electrons. The molecule has 0 aromatic carbocycles. The van der Waals surface area contributed by atoms with Crippen LogP contribution in [0.15, 0.2) is 0 Å². The zero-order valence-electron chi connectivity index (χ0n) is 13.0. The lowest BCUT2D eigenvalue weighted by Gasteiger charge is -2.20. The molecule has 0 bridgehead atoms. The maximum absolute atomic E-state index is 11.7. The van der Waals surface area contributed by atoms with Gasteiger partial charge in [0.1, 0.15) is 0 Å². The van der Waals surface area contributed by atoms with Gasteiger partial charge in [0.05, 0.1) is 18.6 Å². The second-order valence-electron chi connectivity index (χ2n) is 5.77. The summed E-state index contributed by atoms with van der Waals surface area (Å²) in [6.45, 7) is 6.22. The molecule has 1 heterocycles. The Morgan fingerprint density at radius 3 is 2.62 bits per heavy atom. The fourth-order valence-electron chi connectivity index (χ4n) is 1.68. The first-order chi connectivity index (χ1) is 9.86. The Labute approximate surface area is 125 Å². The van der Waals surface area contributed by atoms with E-state index in [9.17, 15) is 14.4 Å². The van der Waals surface area contributed by atoms with Crippen LogP contribution in [-0.2, 0) is 28.6 Å². The van der Waals surface area contributed by atoms with Gasteiger partial charge in [-0.3, -0.25) is 9.59 Å². The van der Waals surface area contributed by atoms with E-state index in [1.54, 1.807) is 0 Å². The summed E-state index contributed by atoms with van der Waals surface area (Å²) in [5.41, 5.74) is -0.470. The van der Waals surface area contributed by atoms with Gasteiger partial charge in [0, 0.05) is 12.8 Å². The summed E-state index contributed by atoms with van der Waals surface area (Å²) in [6, 6.07) is 0. The Hall–Kier alpha value is -1.59. The summed E-state index contributed by atoms with van der Waals surface area (Å²) >= 11 is 0. The molecule has 0 aromatic rings. The van der Waals surface area contributed by atoms with Gasteiger partial charge in [0.25, 0.3) is 0 Å². The Bertz CT molecular complexity index is 388. The van der Waals surface area contributed by atoms with E-state index in [-0.39, 0.29) is 12.4 Å². The van der Waals surface area contributed by atoms with Crippen LogP contribution in [0.25, 0.3) is 0 Å². The lowest BCUT2D eigenvalue weighted by atomic mass is 9.91. The first-order valence-corrected chi connectivity index (χ1v) is 7.40. The zero-order valence-corrected chi connectivity index (χ0v) is 13.0. The third-order valence-corrected chi connectivity index (χ3v) is 3.61. The summed E-state index contributed by atoms with van der Waals surface area (Å²) < 4.78 is 14.9. The van der Waals surface area contributed by atoms with E-state index in [2.05, 4.69) is 0 Å². The third-order valence-electron chi connectivity index (χ3n) is 3.61. The Morgan fingerprint density at radius 1 is 1.33 bits per heavy atom. The molecule has 6 nitrogen and oxygen atoms in total. The van der Waals surface area contributed by atoms with Crippen molar-refractivity contribution < 1.29 is 28.6 Å². The number of esters is 3. The van der Waals surface area contributed by atoms with Crippen LogP contribution in [0.2, 0.25) is 0 Å². The van der Waals surface area contributed by atoms with Gasteiger partial charge in [0.15, 0.2) is 0 Å². The molecule has 0 amide bonds. The molecule has 1 saturated heterocycles. The molecule has 1 fully saturated rings. The van der Waals surface area contributed by atoms with Crippen LogP contribution in [0.1, 0.15) is 52.9 Å². The van der Waals surface area contributed by atoms with Crippen molar-refractivity contribution in [2.75, 3.05) is 13.2 Å². The first-order valence-electron chi connectivity index (χ1n) is 7.40. The fraction of sp³-hybridized carbons (Fsp3) is 0.800. The van der Waals surface area contributed by atoms with Crippen LogP contribution in [0.4, 0.5) is 0 Å². The minimum Gasteiger partial charge on any atom is -0.465 e. The van der Waals surface area contributed by atoms with Crippen molar-refractivity contribution in [2.24, 2.45) is 5.41 Å². The molecule has 1 rings (SSSR count). The lowest BCUT2D eigenvalue weighted by molar-refractivity contribution is -0.160. The number of carbonyl (C=O) groups excluding carboxylic acids is 3. The number of cyclic esters (lactones) is 1. The number of rotatable bonds is 8. The number of hydrogen-bond donors (Lipinski definition) is 0. The Morgan fingerprint density at radius 2 is 2.05 bits per heavy atom. The van der Waals surface area contributed by atoms with Crippen LogP contribution < -0.4 is 0 Å². The second kappa shape index (κ2) is 8.00. The molecule has 0 saturated carbocycles. The zero-order chi connectivity index (χ0) is 15.9. The van der Waals surface area contributed by atoms with Crippen LogP contribution in [-0.4, -0.2) is 37.2 Å². The highest BCUT2D eigenvalue weighted by Crippen LogP contribution is 2.21. The molecule has 0 N–H and O–H groups in total. The SMILES string of the molecule is CCC(C)(C)C(=O)OCCCCC(=O)OC1CCOC1=O. The van der Waals surface area contributed by atoms with E-state index in [1.807, 2.05) is 20.8 Å². The number of carbonyl (C=O) groups is 3. The normalized spacial score (nSPS) is 18.2. The third kappa shape index (κ3) is 5.73. The molecular weight excluding hydrogens is 276 g/mol. The summed E-state index contributed by atoms with van der Waals surface area (Å²) in [7, 11) is 0. The van der Waals surface area contributed by atoms with Crippen molar-refractivity contribution in [1.82, 2.24) is 0 Å². The number of unbranched alkanes of at least 4 members (excludes halogenated alkanes) is 1. The van der Waals surface area contributed by atoms with E-state index in [0.717, 1.165) is 6.42 Å². The van der Waals surface area contributed by atoms with Crippen molar-refractivity contribution in [3.05, 3.63) is 0 Å². The van der Waals surface area contributed by atoms with Gasteiger partial charge < -0.3 is 14.2 Å². The van der Waals surface area contributed by atoms with Gasteiger partial charge in [-0.05, 0) is 33.1 Å². The van der Waals surface area contributed by atoms with E-state index < -0.39 is 23.5 Å². The summed E-state index contributed by atoms with van der Waals surface area (Å²) in [6.07, 6.45) is 1.75. The van der Waals surface area contributed by atoms with Crippen molar-refractivity contribution in [3.63, 3.8) is 0 Å². The average Bonchev–Trinajstić information content (AvgIpc) is 2.83. The average molecular weight is 300 g/mol. The quantitative estimate of drug-likeness (QED) is 0.387. The molecular formula is C15H24O6. The van der Waals surface area contributed by atoms with Gasteiger partial charge in [0.2, 0.25) is 6.10 Å². The number of hydrogen-bond acceptors (Lipinski definition) is 6. The Kier molecular flexibility index (Phi) is 6.65. The molecule has 6 heteroatoms. The van der Waals surface area contributed by atoms with Crippen LogP contribution in [0.5, 0.6) is 0 Å². The van der Waals surface area contributed by atoms with Crippen LogP contribution >= 0.6 is 0 Å². The van der Waals surface area contributed by atoms with Crippen molar-refractivity contribution in [1.29, 1.82) is 0 Å². The summed E-state index contributed by atoms with van der Waals surface area (Å²) in [5.74, 6) is -1.11. The predicted molar refractivity (Wildman–Crippen MR) is 74.3 cm³/mol. The highest BCUT2D eigenvalue weighted by Gasteiger charge is 2.30. The molecule has 0 aliphatic carbocycles. The smallest absolute Gasteiger partial charge is 0.347 e. The minimum atomic E-state index is -0.749. The topological polar surface area (TPSA) is 78.9 Å². The highest BCUT2D eigenvalue weighted by atomic mass is 16.6. The largest absolute Gasteiger partial charge is 0.465 e. The van der Waals surface area contributed by atoms with Crippen molar-refractivity contribution in [3.8, 4) is 0 Å². The van der Waals surface area contributed by atoms with Crippen LogP contribution in [0, 0.1) is 5.41 Å². The van der Waals surface area contributed by atoms with Gasteiger partial charge in [-0.2, -0.15) is 0 Å². The molecule has 0 aromatic heterocycles. The Balaban J connectivity index is 2.10. The maximum Gasteiger partial charge on any atom is 0.347 e. The standard InChI is InChI=1S/C15H24O6/c1-4-15(2,3)14(18)20-9-6-5-7-12(16)21-11-8-10-19-13(11)17/h11H,4-10H2,1-3H3. The monoisotopic (exact) mass is 300 g/mol. The minimum absolute atomic E-state index is 0.207. The number of ether oxygens (including phenoxy) is 3. The summed E-state index contributed by atoms with van der Waals surface area (Å²) in [4.78, 5) is 34.3. The van der Waals surface area contributed by atoms with Crippen molar-refractivity contribution >= 4 is 17.9 Å². The van der Waals surface area contributed by atoms with E-state index in [1.165, 1.54) is 0 Å². The highest BCUT2D eigenvalue weighted by molar-refractivity contribution is 5.80. The van der Waals surface area contributed by atoms with E-state index >= 15 is 0 Å². The molecule has 0 radical (unpaired) electrons. The maximum atomic E-state index is 11.7. The van der Waals surface area contributed by atoms with Crippen molar-refractivity contribution in [2.45, 2.75) is 59.0 Å². The molecule has 1 aliphatic heterocycles. The van der Waals surface area contributed by atoms with Gasteiger partial charge in [-0.1, -0.05) is 6.92 Å². The van der Waals surface area contributed by atoms with Gasteiger partial charge in [-0.25, -0.2) is 4.79 Å². The van der Waals surface area contributed by atoms with E-state index in [4.69, 9.17) is 14.2 Å². The van der Waals surface area contributed by atoms with E-state index in [0.29, 0.717) is 32.5 Å². The first kappa shape index (κ1) is 17.5. The predicted octanol–water partition coefficient (Wildman–Crippen LogP) is 1.99. The van der Waals surface area contributed by atoms with Crippen LogP contribution in [0.3, 0.4) is 0 Å². The lowest BCUT2D eigenvalue weighted by Crippen LogP contribution is -2.26. The molecule has 1 aliphatic rings. The summed E-state index contributed by atoms with van der Waals surface area (Å²) in [5, 5.41) is 0. The molecule has 1 unspecified atom stereocenters. The van der Waals surface area contributed by atoms with Gasteiger partial charge in [-0.15, -0.1) is 0 Å². The molecule has 1 atom stereocenters.